The molecule has 0 aromatic heterocycles. The molecule has 4 aliphatic carbocycles. The van der Waals surface area contributed by atoms with Gasteiger partial charge in [0.25, 0.3) is 0 Å². The summed E-state index contributed by atoms with van der Waals surface area (Å²) in [4.78, 5) is 12.8. The highest BCUT2D eigenvalue weighted by Crippen LogP contribution is 2.67. The maximum absolute atomic E-state index is 12.8. The summed E-state index contributed by atoms with van der Waals surface area (Å²) >= 11 is 0. The van der Waals surface area contributed by atoms with Crippen molar-refractivity contribution >= 4 is 5.97 Å². The second kappa shape index (κ2) is 19.6. The Balaban J connectivity index is 1.10. The Hall–Kier alpha value is -0.790. The number of esters is 1. The number of hydrogen-bond acceptors (Lipinski definition) is 2. The van der Waals surface area contributed by atoms with E-state index < -0.39 is 0 Å². The number of allylic oxidation sites excluding steroid dienone is 1. The lowest BCUT2D eigenvalue weighted by Crippen LogP contribution is -2.51. The molecule has 0 radical (unpaired) electrons. The van der Waals surface area contributed by atoms with Gasteiger partial charge in [-0.1, -0.05) is 162 Å². The fourth-order valence-electron chi connectivity index (χ4n) is 11.6. The van der Waals surface area contributed by atoms with Gasteiger partial charge in [-0.05, 0) is 97.7 Å². The van der Waals surface area contributed by atoms with Gasteiger partial charge in [-0.15, -0.1) is 0 Å². The van der Waals surface area contributed by atoms with Crippen molar-refractivity contribution in [2.75, 3.05) is 0 Å². The standard InChI is InChI=1S/C45H80O2/c1-7-8-9-10-11-12-13-14-15-16-17-18-19-20-21-25-43(46)47-38-30-32-44(5)37(34-38)26-27-39-41-29-28-40(36(4)24-22-23-35(2)3)45(41,6)33-31-42(39)44/h26,35-36,38-42H,7-25,27-34H2,1-6H3/t36-,38+,39-,40+,41-,42-,44-,45+/m0/s1. The van der Waals surface area contributed by atoms with Gasteiger partial charge in [-0.3, -0.25) is 4.79 Å². The zero-order chi connectivity index (χ0) is 33.7. The average Bonchev–Trinajstić information content (AvgIpc) is 3.40. The molecular weight excluding hydrogens is 572 g/mol. The molecule has 0 saturated heterocycles. The van der Waals surface area contributed by atoms with Crippen LogP contribution < -0.4 is 0 Å². The Morgan fingerprint density at radius 3 is 1.98 bits per heavy atom. The van der Waals surface area contributed by atoms with Gasteiger partial charge in [0.05, 0.1) is 0 Å². The monoisotopic (exact) mass is 653 g/mol. The number of carbonyl (C=O) groups excluding carboxylic acids is 1. The molecule has 0 N–H and O–H groups in total. The van der Waals surface area contributed by atoms with Crippen molar-refractivity contribution in [3.05, 3.63) is 11.6 Å². The van der Waals surface area contributed by atoms with Crippen molar-refractivity contribution in [1.29, 1.82) is 0 Å². The van der Waals surface area contributed by atoms with E-state index in [0.717, 1.165) is 54.8 Å². The average molecular weight is 653 g/mol. The molecule has 0 aromatic rings. The van der Waals surface area contributed by atoms with E-state index in [0.29, 0.717) is 17.3 Å². The van der Waals surface area contributed by atoms with Crippen molar-refractivity contribution in [2.45, 2.75) is 221 Å². The van der Waals surface area contributed by atoms with E-state index in [1.54, 1.807) is 5.57 Å². The highest BCUT2D eigenvalue weighted by Gasteiger charge is 2.59. The molecule has 0 amide bonds. The Morgan fingerprint density at radius 1 is 0.745 bits per heavy atom. The Kier molecular flexibility index (Phi) is 16.2. The number of fused-ring (bicyclic) bond motifs is 5. The lowest BCUT2D eigenvalue weighted by molar-refractivity contribution is -0.151. The van der Waals surface area contributed by atoms with Gasteiger partial charge in [0.2, 0.25) is 0 Å². The third kappa shape index (κ3) is 10.8. The first-order chi connectivity index (χ1) is 22.7. The fraction of sp³-hybridized carbons (Fsp3) is 0.933. The van der Waals surface area contributed by atoms with Crippen LogP contribution in [-0.2, 0) is 9.53 Å². The number of rotatable bonds is 22. The van der Waals surface area contributed by atoms with Gasteiger partial charge in [-0.2, -0.15) is 0 Å². The van der Waals surface area contributed by atoms with Gasteiger partial charge >= 0.3 is 5.97 Å². The molecule has 0 unspecified atom stereocenters. The molecule has 2 heteroatoms. The van der Waals surface area contributed by atoms with Crippen LogP contribution in [0.2, 0.25) is 0 Å². The SMILES string of the molecule is CCCCCCCCCCCCCCCCCC(=O)O[C@@H]1CC[C@@]2(C)C(=CC[C@H]3[C@@H]4CC[C@H]([C@@H](C)CCCC(C)C)[C@@]4(C)CC[C@@H]32)C1. The predicted molar refractivity (Wildman–Crippen MR) is 202 cm³/mol. The maximum Gasteiger partial charge on any atom is 0.306 e. The molecule has 0 spiro atoms. The summed E-state index contributed by atoms with van der Waals surface area (Å²) in [5.41, 5.74) is 2.54. The predicted octanol–water partition coefficient (Wildman–Crippen LogP) is 14.2. The molecular formula is C45H80O2. The molecule has 4 aliphatic rings. The lowest BCUT2D eigenvalue weighted by Gasteiger charge is -2.58. The van der Waals surface area contributed by atoms with Gasteiger partial charge < -0.3 is 4.74 Å². The first-order valence-corrected chi connectivity index (χ1v) is 21.6. The molecule has 47 heavy (non-hydrogen) atoms. The second-order valence-corrected chi connectivity index (χ2v) is 18.3. The second-order valence-electron chi connectivity index (χ2n) is 18.3. The highest BCUT2D eigenvalue weighted by molar-refractivity contribution is 5.69. The van der Waals surface area contributed by atoms with Crippen LogP contribution in [0.4, 0.5) is 0 Å². The lowest BCUT2D eigenvalue weighted by atomic mass is 9.47. The fourth-order valence-corrected chi connectivity index (χ4v) is 11.6. The van der Waals surface area contributed by atoms with E-state index in [1.165, 1.54) is 148 Å². The molecule has 4 rings (SSSR count). The molecule has 3 fully saturated rings. The Bertz CT molecular complexity index is 934. The molecule has 8 atom stereocenters. The molecule has 2 nitrogen and oxygen atoms in total. The first kappa shape index (κ1) is 39.0. The van der Waals surface area contributed by atoms with Gasteiger partial charge in [0.1, 0.15) is 6.10 Å². The minimum Gasteiger partial charge on any atom is -0.462 e. The topological polar surface area (TPSA) is 26.3 Å². The van der Waals surface area contributed by atoms with Crippen molar-refractivity contribution in [2.24, 2.45) is 46.3 Å². The number of ether oxygens (including phenoxy) is 1. The molecule has 3 saturated carbocycles. The molecule has 0 aromatic carbocycles. The molecule has 0 heterocycles. The maximum atomic E-state index is 12.8. The summed E-state index contributed by atoms with van der Waals surface area (Å²) in [7, 11) is 0. The van der Waals surface area contributed by atoms with Crippen molar-refractivity contribution in [3.63, 3.8) is 0 Å². The third-order valence-electron chi connectivity index (χ3n) is 14.5. The highest BCUT2D eigenvalue weighted by atomic mass is 16.5. The quantitative estimate of drug-likeness (QED) is 0.0661. The zero-order valence-corrected chi connectivity index (χ0v) is 32.5. The van der Waals surface area contributed by atoms with Crippen molar-refractivity contribution in [3.8, 4) is 0 Å². The van der Waals surface area contributed by atoms with Crippen LogP contribution in [0.25, 0.3) is 0 Å². The zero-order valence-electron chi connectivity index (χ0n) is 32.5. The van der Waals surface area contributed by atoms with Crippen molar-refractivity contribution in [1.82, 2.24) is 0 Å². The van der Waals surface area contributed by atoms with Crippen LogP contribution in [0, 0.1) is 46.3 Å². The summed E-state index contributed by atoms with van der Waals surface area (Å²) in [5, 5.41) is 0. The van der Waals surface area contributed by atoms with Crippen LogP contribution in [0.3, 0.4) is 0 Å². The first-order valence-electron chi connectivity index (χ1n) is 21.6. The van der Waals surface area contributed by atoms with Crippen molar-refractivity contribution < 1.29 is 9.53 Å². The van der Waals surface area contributed by atoms with E-state index in [1.807, 2.05) is 0 Å². The third-order valence-corrected chi connectivity index (χ3v) is 14.5. The van der Waals surface area contributed by atoms with Crippen LogP contribution in [0.1, 0.15) is 215 Å². The number of unbranched alkanes of at least 4 members (excludes halogenated alkanes) is 14. The van der Waals surface area contributed by atoms with Crippen LogP contribution in [-0.4, -0.2) is 12.1 Å². The van der Waals surface area contributed by atoms with Crippen LogP contribution in [0.15, 0.2) is 11.6 Å². The normalized spacial score (nSPS) is 32.4. The van der Waals surface area contributed by atoms with Crippen LogP contribution in [0.5, 0.6) is 0 Å². The van der Waals surface area contributed by atoms with Gasteiger partial charge in [0.15, 0.2) is 0 Å². The largest absolute Gasteiger partial charge is 0.462 e. The number of carbonyl (C=O) groups is 1. The summed E-state index contributed by atoms with van der Waals surface area (Å²) in [6, 6.07) is 0. The smallest absolute Gasteiger partial charge is 0.306 e. The van der Waals surface area contributed by atoms with E-state index in [4.69, 9.17) is 4.74 Å². The number of hydrogen-bond donors (Lipinski definition) is 0. The van der Waals surface area contributed by atoms with Gasteiger partial charge in [0, 0.05) is 12.8 Å². The minimum atomic E-state index is 0.0653. The van der Waals surface area contributed by atoms with E-state index >= 15 is 0 Å². The van der Waals surface area contributed by atoms with E-state index in [-0.39, 0.29) is 12.1 Å². The summed E-state index contributed by atoms with van der Waals surface area (Å²) in [5.74, 6) is 5.34. The summed E-state index contributed by atoms with van der Waals surface area (Å²) in [6.45, 7) is 15.0. The van der Waals surface area contributed by atoms with Gasteiger partial charge in [-0.25, -0.2) is 0 Å². The Labute approximate surface area is 293 Å². The minimum absolute atomic E-state index is 0.0653. The summed E-state index contributed by atoms with van der Waals surface area (Å²) in [6.07, 6.45) is 38.4. The van der Waals surface area contributed by atoms with E-state index in [9.17, 15) is 4.79 Å². The molecule has 0 aliphatic heterocycles. The molecule has 0 bridgehead atoms. The molecule has 272 valence electrons. The Morgan fingerprint density at radius 2 is 1.36 bits per heavy atom. The summed E-state index contributed by atoms with van der Waals surface area (Å²) < 4.78 is 6.13. The van der Waals surface area contributed by atoms with E-state index in [2.05, 4.69) is 47.6 Å². The van der Waals surface area contributed by atoms with Crippen LogP contribution >= 0.6 is 0 Å².